The van der Waals surface area contributed by atoms with E-state index < -0.39 is 0 Å². The van der Waals surface area contributed by atoms with E-state index in [0.717, 1.165) is 138 Å². The molecular formula is C50H53N13. The van der Waals surface area contributed by atoms with Gasteiger partial charge in [-0.15, -0.1) is 0 Å². The van der Waals surface area contributed by atoms with Crippen molar-refractivity contribution in [2.45, 2.75) is 19.4 Å². The third-order valence-electron chi connectivity index (χ3n) is 14.2. The van der Waals surface area contributed by atoms with Crippen LogP contribution in [0.15, 0.2) is 91.1 Å². The number of anilines is 2. The van der Waals surface area contributed by atoms with Crippen LogP contribution in [-0.2, 0) is 7.05 Å². The highest BCUT2D eigenvalue weighted by atomic mass is 15.3. The fourth-order valence-electron chi connectivity index (χ4n) is 10.4. The van der Waals surface area contributed by atoms with E-state index >= 15 is 0 Å². The summed E-state index contributed by atoms with van der Waals surface area (Å²) in [6.07, 6.45) is 5.31. The molecule has 8 heterocycles. The van der Waals surface area contributed by atoms with Gasteiger partial charge in [0.1, 0.15) is 17.2 Å². The molecule has 318 valence electrons. The molecule has 9 aromatic rings. The van der Waals surface area contributed by atoms with E-state index in [2.05, 4.69) is 161 Å². The van der Waals surface area contributed by atoms with E-state index in [1.807, 2.05) is 13.1 Å². The summed E-state index contributed by atoms with van der Waals surface area (Å²) in [4.78, 5) is 22.1. The lowest BCUT2D eigenvalue weighted by Crippen LogP contribution is -2.46. The van der Waals surface area contributed by atoms with Crippen LogP contribution in [0.3, 0.4) is 0 Å². The number of imidazole rings is 1. The predicted molar refractivity (Wildman–Crippen MR) is 256 cm³/mol. The number of piperazine rings is 2. The highest BCUT2D eigenvalue weighted by Gasteiger charge is 2.31. The van der Waals surface area contributed by atoms with E-state index in [1.54, 1.807) is 0 Å². The normalized spacial score (nSPS) is 18.2. The van der Waals surface area contributed by atoms with E-state index in [9.17, 15) is 0 Å². The molecule has 0 amide bonds. The van der Waals surface area contributed by atoms with Gasteiger partial charge in [0.15, 0.2) is 0 Å². The Labute approximate surface area is 365 Å². The van der Waals surface area contributed by atoms with E-state index in [1.165, 1.54) is 38.8 Å². The van der Waals surface area contributed by atoms with Crippen molar-refractivity contribution in [1.29, 1.82) is 0 Å². The van der Waals surface area contributed by atoms with Crippen molar-refractivity contribution in [3.05, 3.63) is 108 Å². The van der Waals surface area contributed by atoms with Crippen molar-refractivity contribution < 1.29 is 0 Å². The first kappa shape index (κ1) is 38.0. The second-order valence-corrected chi connectivity index (χ2v) is 17.9. The average molecular weight is 836 g/mol. The monoisotopic (exact) mass is 835 g/mol. The molecule has 2 fully saturated rings. The van der Waals surface area contributed by atoms with Gasteiger partial charge in [0.05, 0.1) is 40.4 Å². The number of likely N-dealkylation sites (N-methyl/N-ethyl adjacent to an activating group) is 2. The summed E-state index contributed by atoms with van der Waals surface area (Å²) >= 11 is 0. The minimum absolute atomic E-state index is 0.126. The number of benzene rings is 4. The van der Waals surface area contributed by atoms with Crippen LogP contribution in [0.4, 0.5) is 11.4 Å². The molecule has 63 heavy (non-hydrogen) atoms. The molecule has 0 radical (unpaired) electrons. The van der Waals surface area contributed by atoms with Gasteiger partial charge >= 0.3 is 0 Å². The van der Waals surface area contributed by atoms with Crippen molar-refractivity contribution in [2.75, 3.05) is 82.8 Å². The third-order valence-corrected chi connectivity index (χ3v) is 14.2. The zero-order valence-electron chi connectivity index (χ0n) is 36.4. The Hall–Kier alpha value is -6.67. The molecule has 12 rings (SSSR count). The Morgan fingerprint density at radius 3 is 2.06 bits per heavy atom. The quantitative estimate of drug-likeness (QED) is 0.109. The van der Waals surface area contributed by atoms with Crippen LogP contribution < -0.4 is 15.1 Å². The van der Waals surface area contributed by atoms with Crippen molar-refractivity contribution in [3.63, 3.8) is 0 Å². The Balaban J connectivity index is 0.916. The number of H-pyrrole nitrogens is 4. The van der Waals surface area contributed by atoms with Gasteiger partial charge < -0.3 is 34.6 Å². The molecule has 13 heteroatoms. The van der Waals surface area contributed by atoms with Gasteiger partial charge in [-0.1, -0.05) is 24.3 Å². The zero-order valence-corrected chi connectivity index (χ0v) is 36.4. The number of aromatic nitrogens is 8. The van der Waals surface area contributed by atoms with Crippen LogP contribution in [0.25, 0.3) is 83.2 Å². The summed E-state index contributed by atoms with van der Waals surface area (Å²) in [5, 5.41) is 25.0. The summed E-state index contributed by atoms with van der Waals surface area (Å²) in [7, 11) is 6.55. The first-order valence-electron chi connectivity index (χ1n) is 22.4. The third kappa shape index (κ3) is 6.44. The number of hydrogen-bond acceptors (Lipinski definition) is 8. The summed E-state index contributed by atoms with van der Waals surface area (Å²) in [6.45, 7) is 10.8. The van der Waals surface area contributed by atoms with Crippen molar-refractivity contribution in [3.8, 4) is 34.0 Å². The largest absolute Gasteiger partial charge is 0.368 e. The van der Waals surface area contributed by atoms with Crippen molar-refractivity contribution in [1.82, 2.24) is 55.0 Å². The van der Waals surface area contributed by atoms with Crippen LogP contribution in [-0.4, -0.2) is 123 Å². The van der Waals surface area contributed by atoms with E-state index in [0.29, 0.717) is 0 Å². The van der Waals surface area contributed by atoms with Gasteiger partial charge in [0, 0.05) is 109 Å². The summed E-state index contributed by atoms with van der Waals surface area (Å²) in [5.74, 6) is 0.984. The lowest BCUT2D eigenvalue weighted by atomic mass is 9.91. The number of aryl methyl sites for hydroxylation is 1. The molecule has 13 nitrogen and oxygen atoms in total. The van der Waals surface area contributed by atoms with Crippen LogP contribution in [0, 0.1) is 6.92 Å². The molecule has 5 aromatic heterocycles. The van der Waals surface area contributed by atoms with Crippen molar-refractivity contribution in [2.24, 2.45) is 7.05 Å². The number of fused-ring (bicyclic) bond motifs is 4. The van der Waals surface area contributed by atoms with E-state index in [4.69, 9.17) is 10.2 Å². The van der Waals surface area contributed by atoms with Gasteiger partial charge in [0.2, 0.25) is 0 Å². The SMILES string of the molecule is Cc1ncc(-c2ccc3[nH]nc(-c4cc5c(N6CCN(C)C(c7cc(C8=CCNCC8)cc8c(-c9cc%10c(N%11CCN(C)CC%11)cccc%10[nH]9)n[nH]c78)C6)cccc5[nH]4)c3c2)n1C. The summed E-state index contributed by atoms with van der Waals surface area (Å²) in [5.41, 5.74) is 17.0. The highest BCUT2D eigenvalue weighted by molar-refractivity contribution is 6.03. The molecule has 0 bridgehead atoms. The van der Waals surface area contributed by atoms with Crippen molar-refractivity contribution >= 4 is 60.6 Å². The Kier molecular flexibility index (Phi) is 9.06. The number of hydrogen-bond donors (Lipinski definition) is 5. The maximum Gasteiger partial charge on any atom is 0.116 e. The standard InChI is InChI=1S/C50H53N13/c1-30-52-28-46(61(30)4)32-11-12-41-36(23-32)49(57-55-41)42-27-35-40(53-42)8-6-10-45(35)63-22-19-60(3)47(29-63)37-24-33(31-13-15-51-16-14-31)25-38-48(37)56-58-50(38)43-26-34-39(54-43)7-5-9-44(34)62-20-17-59(2)18-21-62/h5-13,23-28,47,51,53-54H,14-22,29H2,1-4H3,(H,55,57)(H,56,58). The highest BCUT2D eigenvalue weighted by Crippen LogP contribution is 2.41. The Morgan fingerprint density at radius 1 is 0.651 bits per heavy atom. The van der Waals surface area contributed by atoms with Gasteiger partial charge in [0.25, 0.3) is 0 Å². The Bertz CT molecular complexity index is 3220. The Morgan fingerprint density at radius 2 is 1.35 bits per heavy atom. The maximum absolute atomic E-state index is 5.12. The predicted octanol–water partition coefficient (Wildman–Crippen LogP) is 8.07. The van der Waals surface area contributed by atoms with Gasteiger partial charge in [-0.25, -0.2) is 4.98 Å². The summed E-state index contributed by atoms with van der Waals surface area (Å²) in [6, 6.07) is 29.3. The molecule has 0 spiro atoms. The molecule has 0 saturated carbocycles. The lowest BCUT2D eigenvalue weighted by Gasteiger charge is -2.41. The molecule has 2 saturated heterocycles. The minimum Gasteiger partial charge on any atom is -0.368 e. The molecule has 3 aliphatic heterocycles. The molecule has 1 atom stereocenters. The number of nitrogens with zero attached hydrogens (tertiary/aromatic N) is 8. The molecular weight excluding hydrogens is 783 g/mol. The molecule has 1 unspecified atom stereocenters. The number of aromatic amines is 4. The maximum atomic E-state index is 5.12. The van der Waals surface area contributed by atoms with Gasteiger partial charge in [-0.05, 0) is 111 Å². The smallest absolute Gasteiger partial charge is 0.116 e. The minimum atomic E-state index is 0.126. The summed E-state index contributed by atoms with van der Waals surface area (Å²) < 4.78 is 2.13. The molecule has 4 aromatic carbocycles. The molecule has 5 N–H and O–H groups in total. The zero-order chi connectivity index (χ0) is 42.3. The van der Waals surface area contributed by atoms with Crippen LogP contribution in [0.5, 0.6) is 0 Å². The van der Waals surface area contributed by atoms with Gasteiger partial charge in [-0.2, -0.15) is 10.2 Å². The number of rotatable bonds is 7. The lowest BCUT2D eigenvalue weighted by molar-refractivity contribution is 0.222. The van der Waals surface area contributed by atoms with Crippen LogP contribution in [0.1, 0.15) is 29.4 Å². The van der Waals surface area contributed by atoms with E-state index in [-0.39, 0.29) is 6.04 Å². The first-order chi connectivity index (χ1) is 30.8. The number of nitrogens with one attached hydrogen (secondary N) is 5. The fraction of sp³-hybridized carbons (Fsp3) is 0.300. The molecule has 0 aliphatic carbocycles. The second kappa shape index (κ2) is 15.0. The first-order valence-corrected chi connectivity index (χ1v) is 22.4. The second-order valence-electron chi connectivity index (χ2n) is 17.9. The topological polar surface area (TPSA) is 132 Å². The van der Waals surface area contributed by atoms with Gasteiger partial charge in [-0.3, -0.25) is 15.1 Å². The molecule has 3 aliphatic rings. The van der Waals surface area contributed by atoms with Crippen LogP contribution >= 0.6 is 0 Å². The fourth-order valence-corrected chi connectivity index (χ4v) is 10.4. The average Bonchev–Trinajstić information content (AvgIpc) is 4.16. The van der Waals surface area contributed by atoms with Crippen LogP contribution in [0.2, 0.25) is 0 Å².